The molecule has 6 rings (SSSR count). The van der Waals surface area contributed by atoms with Gasteiger partial charge in [-0.15, -0.1) is 0 Å². The van der Waals surface area contributed by atoms with Crippen LogP contribution in [0.3, 0.4) is 0 Å². The van der Waals surface area contributed by atoms with Crippen LogP contribution in [-0.2, 0) is 14.3 Å². The van der Waals surface area contributed by atoms with Gasteiger partial charge in [-0.3, -0.25) is 19.2 Å². The third-order valence-corrected chi connectivity index (χ3v) is 7.55. The summed E-state index contributed by atoms with van der Waals surface area (Å²) < 4.78 is 17.1. The lowest BCUT2D eigenvalue weighted by atomic mass is 9.77. The molecule has 3 atom stereocenters. The van der Waals surface area contributed by atoms with Crippen molar-refractivity contribution in [3.63, 3.8) is 0 Å². The van der Waals surface area contributed by atoms with Gasteiger partial charge in [-0.2, -0.15) is 0 Å². The van der Waals surface area contributed by atoms with Gasteiger partial charge in [0.25, 0.3) is 0 Å². The Kier molecular flexibility index (Phi) is 5.07. The van der Waals surface area contributed by atoms with Gasteiger partial charge in [-0.25, -0.2) is 4.90 Å². The molecule has 0 bridgehead atoms. The molecule has 0 aromatic heterocycles. The van der Waals surface area contributed by atoms with Crippen LogP contribution < -0.4 is 14.4 Å². The van der Waals surface area contributed by atoms with Crippen LogP contribution in [0.5, 0.6) is 11.5 Å². The minimum absolute atomic E-state index is 0.180. The summed E-state index contributed by atoms with van der Waals surface area (Å²) in [4.78, 5) is 56.9. The first-order valence-corrected chi connectivity index (χ1v) is 11.9. The fourth-order valence-electron chi connectivity index (χ4n) is 5.78. The number of rotatable bonds is 4. The summed E-state index contributed by atoms with van der Waals surface area (Å²) in [5, 5.41) is 0. The molecule has 3 aromatic carbocycles. The second-order valence-corrected chi connectivity index (χ2v) is 9.44. The minimum atomic E-state index is -2.13. The topological polar surface area (TPSA) is 99.2 Å². The fourth-order valence-corrected chi connectivity index (χ4v) is 5.78. The predicted octanol–water partition coefficient (Wildman–Crippen LogP) is 3.71. The van der Waals surface area contributed by atoms with E-state index in [1.807, 2.05) is 19.1 Å². The van der Waals surface area contributed by atoms with E-state index in [4.69, 9.17) is 14.2 Å². The molecule has 2 amide bonds. The number of ether oxygens (including phenoxy) is 3. The molecule has 8 nitrogen and oxygen atoms in total. The van der Waals surface area contributed by atoms with Crippen LogP contribution in [0.1, 0.15) is 37.9 Å². The van der Waals surface area contributed by atoms with E-state index in [9.17, 15) is 19.2 Å². The standard InChI is InChI=1S/C29H23NO7/c1-15-8-10-16(11-9-15)24-22-23(29(37-24)25(31)18-6-4-5-7-19(18)26(29)32)28(34)30(27(22)33)20-14-17(35-2)12-13-21(20)36-3/h4-14,22-24H,1-3H3/t22-,23+,24-/m0/s1. The van der Waals surface area contributed by atoms with Crippen LogP contribution >= 0.6 is 0 Å². The van der Waals surface area contributed by atoms with E-state index in [-0.39, 0.29) is 22.6 Å². The van der Waals surface area contributed by atoms with E-state index in [0.717, 1.165) is 10.5 Å². The van der Waals surface area contributed by atoms with Crippen molar-refractivity contribution in [2.24, 2.45) is 11.8 Å². The maximum absolute atomic E-state index is 14.1. The quantitative estimate of drug-likeness (QED) is 0.400. The first-order valence-electron chi connectivity index (χ1n) is 11.9. The summed E-state index contributed by atoms with van der Waals surface area (Å²) in [5.41, 5.74) is 0.0263. The van der Waals surface area contributed by atoms with Gasteiger partial charge in [0.2, 0.25) is 29.0 Å². The van der Waals surface area contributed by atoms with Crippen LogP contribution in [0.25, 0.3) is 0 Å². The molecule has 0 N–H and O–H groups in total. The molecule has 1 aliphatic carbocycles. The van der Waals surface area contributed by atoms with E-state index < -0.39 is 46.9 Å². The molecule has 2 fully saturated rings. The number of fused-ring (bicyclic) bond motifs is 3. The summed E-state index contributed by atoms with van der Waals surface area (Å²) >= 11 is 0. The lowest BCUT2D eigenvalue weighted by Gasteiger charge is -2.27. The Bertz CT molecular complexity index is 1460. The lowest BCUT2D eigenvalue weighted by molar-refractivity contribution is -0.127. The van der Waals surface area contributed by atoms with E-state index in [1.54, 1.807) is 48.5 Å². The zero-order valence-electron chi connectivity index (χ0n) is 20.4. The summed E-state index contributed by atoms with van der Waals surface area (Å²) in [5.74, 6) is -4.20. The Hall–Kier alpha value is -4.30. The summed E-state index contributed by atoms with van der Waals surface area (Å²) in [7, 11) is 2.90. The van der Waals surface area contributed by atoms with Crippen LogP contribution in [0, 0.1) is 18.8 Å². The van der Waals surface area contributed by atoms with Gasteiger partial charge < -0.3 is 14.2 Å². The number of Topliss-reactive ketones (excluding diaryl/α,β-unsaturated/α-hetero) is 2. The van der Waals surface area contributed by atoms with Crippen molar-refractivity contribution in [3.05, 3.63) is 89.0 Å². The predicted molar refractivity (Wildman–Crippen MR) is 132 cm³/mol. The number of imide groups is 1. The highest BCUT2D eigenvalue weighted by atomic mass is 16.5. The molecule has 8 heteroatoms. The van der Waals surface area contributed by atoms with E-state index >= 15 is 0 Å². The second-order valence-electron chi connectivity index (χ2n) is 9.44. The van der Waals surface area contributed by atoms with Crippen molar-refractivity contribution in [3.8, 4) is 11.5 Å². The molecule has 2 heterocycles. The third-order valence-electron chi connectivity index (χ3n) is 7.55. The maximum atomic E-state index is 14.1. The van der Waals surface area contributed by atoms with E-state index in [0.29, 0.717) is 11.3 Å². The molecule has 0 radical (unpaired) electrons. The molecule has 3 aliphatic rings. The molecule has 186 valence electrons. The van der Waals surface area contributed by atoms with Gasteiger partial charge in [-0.1, -0.05) is 54.1 Å². The van der Waals surface area contributed by atoms with Gasteiger partial charge in [0, 0.05) is 17.2 Å². The van der Waals surface area contributed by atoms with Crippen LogP contribution in [0.4, 0.5) is 5.69 Å². The molecule has 0 saturated carbocycles. The average molecular weight is 498 g/mol. The zero-order chi connectivity index (χ0) is 26.1. The number of hydrogen-bond acceptors (Lipinski definition) is 7. The number of carbonyl (C=O) groups is 4. The van der Waals surface area contributed by atoms with Crippen molar-refractivity contribution < 1.29 is 33.4 Å². The molecule has 0 unspecified atom stereocenters. The second kappa shape index (κ2) is 8.11. The van der Waals surface area contributed by atoms with E-state index in [1.165, 1.54) is 20.3 Å². The molecule has 1 spiro atoms. The van der Waals surface area contributed by atoms with Crippen LogP contribution in [-0.4, -0.2) is 43.2 Å². The summed E-state index contributed by atoms with van der Waals surface area (Å²) in [6.45, 7) is 1.92. The average Bonchev–Trinajstić information content (AvgIpc) is 3.48. The molecule has 3 aromatic rings. The molecule has 2 saturated heterocycles. The number of carbonyl (C=O) groups excluding carboxylic acids is 4. The first-order chi connectivity index (χ1) is 17.8. The van der Waals surface area contributed by atoms with Gasteiger partial charge in [0.05, 0.1) is 37.8 Å². The third kappa shape index (κ3) is 2.99. The normalized spacial score (nSPS) is 23.5. The molecule has 37 heavy (non-hydrogen) atoms. The van der Waals surface area contributed by atoms with Crippen molar-refractivity contribution >= 4 is 29.1 Å². The number of hydrogen-bond donors (Lipinski definition) is 0. The molecular weight excluding hydrogens is 474 g/mol. The van der Waals surface area contributed by atoms with Crippen molar-refractivity contribution in [1.82, 2.24) is 0 Å². The van der Waals surface area contributed by atoms with Crippen LogP contribution in [0.15, 0.2) is 66.7 Å². The molecular formula is C29H23NO7. The van der Waals surface area contributed by atoms with Crippen molar-refractivity contribution in [2.45, 2.75) is 18.6 Å². The number of aryl methyl sites for hydroxylation is 1. The Morgan fingerprint density at radius 2 is 1.46 bits per heavy atom. The number of methoxy groups -OCH3 is 2. The van der Waals surface area contributed by atoms with Gasteiger partial charge in [0.15, 0.2) is 0 Å². The summed E-state index contributed by atoms with van der Waals surface area (Å²) in [6.07, 6.45) is -0.981. The van der Waals surface area contributed by atoms with Gasteiger partial charge in [-0.05, 0) is 24.6 Å². The van der Waals surface area contributed by atoms with Gasteiger partial charge >= 0.3 is 0 Å². The number of ketones is 2. The largest absolute Gasteiger partial charge is 0.497 e. The highest BCUT2D eigenvalue weighted by Gasteiger charge is 2.74. The Labute approximate surface area is 212 Å². The monoisotopic (exact) mass is 497 g/mol. The number of amides is 2. The number of benzene rings is 3. The highest BCUT2D eigenvalue weighted by molar-refractivity contribution is 6.37. The van der Waals surface area contributed by atoms with Crippen molar-refractivity contribution in [1.29, 1.82) is 0 Å². The Morgan fingerprint density at radius 1 is 0.811 bits per heavy atom. The Balaban J connectivity index is 1.55. The van der Waals surface area contributed by atoms with E-state index in [2.05, 4.69) is 0 Å². The fraction of sp³-hybridized carbons (Fsp3) is 0.241. The summed E-state index contributed by atoms with van der Waals surface area (Å²) in [6, 6.07) is 18.5. The lowest BCUT2D eigenvalue weighted by Crippen LogP contribution is -2.51. The maximum Gasteiger partial charge on any atom is 0.241 e. The minimum Gasteiger partial charge on any atom is -0.497 e. The smallest absolute Gasteiger partial charge is 0.241 e. The number of nitrogens with zero attached hydrogens (tertiary/aromatic N) is 1. The number of anilines is 1. The SMILES string of the molecule is COc1ccc(OC)c(N2C(=O)[C@@H]3[C@H](c4ccc(C)cc4)OC4(C(=O)c5ccccc5C4=O)[C@H]3C2=O)c1. The van der Waals surface area contributed by atoms with Crippen molar-refractivity contribution in [2.75, 3.05) is 19.1 Å². The van der Waals surface area contributed by atoms with Crippen LogP contribution in [0.2, 0.25) is 0 Å². The van der Waals surface area contributed by atoms with Gasteiger partial charge in [0.1, 0.15) is 11.5 Å². The first kappa shape index (κ1) is 23.1. The molecule has 2 aliphatic heterocycles. The highest BCUT2D eigenvalue weighted by Crippen LogP contribution is 2.58. The zero-order valence-corrected chi connectivity index (χ0v) is 20.4. The Morgan fingerprint density at radius 3 is 2.05 bits per heavy atom.